The molecule has 86 valence electrons. The lowest BCUT2D eigenvalue weighted by Gasteiger charge is -2.05. The molecule has 0 spiro atoms. The molecule has 0 aliphatic rings. The van der Waals surface area contributed by atoms with E-state index in [0.29, 0.717) is 10.3 Å². The van der Waals surface area contributed by atoms with Gasteiger partial charge in [0.1, 0.15) is 0 Å². The van der Waals surface area contributed by atoms with Gasteiger partial charge in [-0.1, -0.05) is 30.3 Å². The third-order valence-electron chi connectivity index (χ3n) is 2.47. The van der Waals surface area contributed by atoms with E-state index in [1.54, 1.807) is 31.2 Å². The van der Waals surface area contributed by atoms with Crippen molar-refractivity contribution in [1.29, 1.82) is 0 Å². The van der Waals surface area contributed by atoms with Gasteiger partial charge in [-0.25, -0.2) is 0 Å². The molecule has 0 heterocycles. The molecular formula is C14H12FNO. The molecule has 0 aliphatic heterocycles. The number of benzene rings is 2. The van der Waals surface area contributed by atoms with Crippen LogP contribution in [0.3, 0.4) is 0 Å². The van der Waals surface area contributed by atoms with Gasteiger partial charge in [0, 0.05) is 11.6 Å². The van der Waals surface area contributed by atoms with Crippen molar-refractivity contribution in [2.75, 3.05) is 0 Å². The minimum absolute atomic E-state index is 0.0360. The van der Waals surface area contributed by atoms with Crippen molar-refractivity contribution in [3.63, 3.8) is 0 Å². The fraction of sp³-hybridized carbons (Fsp3) is 0.0714. The van der Waals surface area contributed by atoms with Gasteiger partial charge in [0.15, 0.2) is 12.0 Å². The zero-order valence-electron chi connectivity index (χ0n) is 9.43. The molecule has 0 saturated heterocycles. The summed E-state index contributed by atoms with van der Waals surface area (Å²) in [6.07, 6.45) is 1.36. The molecule has 0 amide bonds. The molecule has 0 aliphatic carbocycles. The van der Waals surface area contributed by atoms with Crippen LogP contribution in [0.25, 0.3) is 0 Å². The molecule has 0 saturated carbocycles. The quantitative estimate of drug-likeness (QED) is 0.335. The van der Waals surface area contributed by atoms with Gasteiger partial charge in [0.25, 0.3) is 5.69 Å². The van der Waals surface area contributed by atoms with Crippen LogP contribution in [0.4, 0.5) is 10.1 Å². The van der Waals surface area contributed by atoms with Crippen LogP contribution in [0, 0.1) is 17.9 Å². The Morgan fingerprint density at radius 3 is 2.47 bits per heavy atom. The van der Waals surface area contributed by atoms with E-state index in [1.807, 2.05) is 18.2 Å². The maximum absolute atomic E-state index is 13.7. The summed E-state index contributed by atoms with van der Waals surface area (Å²) in [6.45, 7) is 1.63. The molecule has 0 fully saturated rings. The Labute approximate surface area is 99.2 Å². The second-order valence-electron chi connectivity index (χ2n) is 3.77. The van der Waals surface area contributed by atoms with Crippen LogP contribution < -0.4 is 0 Å². The first kappa shape index (κ1) is 11.3. The third-order valence-corrected chi connectivity index (χ3v) is 2.47. The van der Waals surface area contributed by atoms with E-state index in [9.17, 15) is 9.60 Å². The Morgan fingerprint density at radius 1 is 1.06 bits per heavy atom. The van der Waals surface area contributed by atoms with Crippen LogP contribution in [0.5, 0.6) is 0 Å². The SMILES string of the molecule is Cc1cccc([N+]([O-])=Cc2ccccc2)c1F. The average molecular weight is 229 g/mol. The van der Waals surface area contributed by atoms with Gasteiger partial charge >= 0.3 is 0 Å². The second kappa shape index (κ2) is 4.78. The summed E-state index contributed by atoms with van der Waals surface area (Å²) in [5, 5.41) is 11.8. The molecule has 17 heavy (non-hydrogen) atoms. The second-order valence-corrected chi connectivity index (χ2v) is 3.77. The molecule has 0 aromatic heterocycles. The van der Waals surface area contributed by atoms with E-state index < -0.39 is 5.82 Å². The maximum Gasteiger partial charge on any atom is 0.252 e. The Morgan fingerprint density at radius 2 is 1.76 bits per heavy atom. The molecule has 0 bridgehead atoms. The first-order valence-corrected chi connectivity index (χ1v) is 5.30. The third kappa shape index (κ3) is 2.50. The first-order valence-electron chi connectivity index (χ1n) is 5.30. The van der Waals surface area contributed by atoms with E-state index in [-0.39, 0.29) is 5.69 Å². The van der Waals surface area contributed by atoms with E-state index in [4.69, 9.17) is 0 Å². The van der Waals surface area contributed by atoms with Crippen molar-refractivity contribution < 1.29 is 9.13 Å². The molecule has 3 heteroatoms. The number of aryl methyl sites for hydroxylation is 1. The predicted octanol–water partition coefficient (Wildman–Crippen LogP) is 3.40. The Balaban J connectivity index is 2.41. The highest BCUT2D eigenvalue weighted by Crippen LogP contribution is 2.19. The molecule has 2 aromatic rings. The zero-order chi connectivity index (χ0) is 12.3. The topological polar surface area (TPSA) is 26.1 Å². The smallest absolute Gasteiger partial charge is 0.252 e. The molecule has 0 unspecified atom stereocenters. The predicted molar refractivity (Wildman–Crippen MR) is 66.0 cm³/mol. The lowest BCUT2D eigenvalue weighted by atomic mass is 10.2. The van der Waals surface area contributed by atoms with Crippen molar-refractivity contribution in [3.05, 3.63) is 70.7 Å². The van der Waals surface area contributed by atoms with Gasteiger partial charge < -0.3 is 5.21 Å². The van der Waals surface area contributed by atoms with Crippen LogP contribution in [-0.4, -0.2) is 11.0 Å². The van der Waals surface area contributed by atoms with E-state index >= 15 is 0 Å². The summed E-state index contributed by atoms with van der Waals surface area (Å²) in [6, 6.07) is 13.9. The zero-order valence-corrected chi connectivity index (χ0v) is 9.43. The van der Waals surface area contributed by atoms with Crippen LogP contribution >= 0.6 is 0 Å². The summed E-state index contributed by atoms with van der Waals surface area (Å²) in [4.78, 5) is 0. The highest BCUT2D eigenvalue weighted by Gasteiger charge is 2.11. The van der Waals surface area contributed by atoms with Gasteiger partial charge in [-0.3, -0.25) is 0 Å². The Bertz CT molecular complexity index is 549. The lowest BCUT2D eigenvalue weighted by molar-refractivity contribution is -0.357. The number of rotatable bonds is 2. The molecule has 0 atom stereocenters. The van der Waals surface area contributed by atoms with Crippen molar-refractivity contribution in [2.24, 2.45) is 0 Å². The number of hydrogen-bond donors (Lipinski definition) is 0. The van der Waals surface area contributed by atoms with Gasteiger partial charge in [-0.15, -0.1) is 0 Å². The fourth-order valence-corrected chi connectivity index (χ4v) is 1.55. The van der Waals surface area contributed by atoms with Gasteiger partial charge in [0.05, 0.1) is 0 Å². The van der Waals surface area contributed by atoms with E-state index in [1.165, 1.54) is 12.3 Å². The fourth-order valence-electron chi connectivity index (χ4n) is 1.55. The van der Waals surface area contributed by atoms with Crippen molar-refractivity contribution >= 4 is 11.9 Å². The van der Waals surface area contributed by atoms with E-state index in [2.05, 4.69) is 0 Å². The number of hydrogen-bond acceptors (Lipinski definition) is 1. The summed E-state index contributed by atoms with van der Waals surface area (Å²) < 4.78 is 14.2. The summed E-state index contributed by atoms with van der Waals surface area (Å²) in [5.74, 6) is -0.477. The van der Waals surface area contributed by atoms with Gasteiger partial charge in [-0.2, -0.15) is 9.13 Å². The normalized spacial score (nSPS) is 11.5. The highest BCUT2D eigenvalue weighted by molar-refractivity contribution is 5.76. The Kier molecular flexibility index (Phi) is 3.19. The number of nitrogens with zero attached hydrogens (tertiary/aromatic N) is 1. The van der Waals surface area contributed by atoms with Crippen molar-refractivity contribution in [2.45, 2.75) is 6.92 Å². The average Bonchev–Trinajstić information content (AvgIpc) is 2.34. The highest BCUT2D eigenvalue weighted by atomic mass is 19.1. The molecule has 0 N–H and O–H groups in total. The minimum Gasteiger partial charge on any atom is -0.618 e. The van der Waals surface area contributed by atoms with Crippen LogP contribution in [-0.2, 0) is 0 Å². The lowest BCUT2D eigenvalue weighted by Crippen LogP contribution is -2.01. The molecule has 2 rings (SSSR count). The van der Waals surface area contributed by atoms with Gasteiger partial charge in [-0.05, 0) is 24.6 Å². The number of halogens is 1. The minimum atomic E-state index is -0.477. The van der Waals surface area contributed by atoms with Crippen molar-refractivity contribution in [1.82, 2.24) is 0 Å². The molecule has 2 nitrogen and oxygen atoms in total. The Hall–Kier alpha value is -2.16. The molecule has 2 aromatic carbocycles. The van der Waals surface area contributed by atoms with Crippen LogP contribution in [0.1, 0.15) is 11.1 Å². The van der Waals surface area contributed by atoms with Crippen molar-refractivity contribution in [3.8, 4) is 0 Å². The van der Waals surface area contributed by atoms with Crippen LogP contribution in [0.2, 0.25) is 0 Å². The standard InChI is InChI=1S/C14H12FNO/c1-11-6-5-9-13(14(11)15)16(17)10-12-7-3-2-4-8-12/h2-10H,1H3. The van der Waals surface area contributed by atoms with Gasteiger partial charge in [0.2, 0.25) is 0 Å². The first-order chi connectivity index (χ1) is 8.18. The maximum atomic E-state index is 13.7. The monoisotopic (exact) mass is 229 g/mol. The summed E-state index contributed by atoms with van der Waals surface area (Å²) in [5.41, 5.74) is 1.24. The summed E-state index contributed by atoms with van der Waals surface area (Å²) >= 11 is 0. The molecular weight excluding hydrogens is 217 g/mol. The summed E-state index contributed by atoms with van der Waals surface area (Å²) in [7, 11) is 0. The largest absolute Gasteiger partial charge is 0.618 e. The van der Waals surface area contributed by atoms with E-state index in [0.717, 1.165) is 5.56 Å². The van der Waals surface area contributed by atoms with Crippen LogP contribution in [0.15, 0.2) is 48.5 Å². The molecule has 0 radical (unpaired) electrons.